The van der Waals surface area contributed by atoms with E-state index in [9.17, 15) is 0 Å². The fourth-order valence-electron chi connectivity index (χ4n) is 7.21. The molecule has 0 radical (unpaired) electrons. The van der Waals surface area contributed by atoms with Crippen molar-refractivity contribution >= 4 is 33.2 Å². The summed E-state index contributed by atoms with van der Waals surface area (Å²) in [7, 11) is 0. The predicted octanol–water partition coefficient (Wildman–Crippen LogP) is 12.3. The van der Waals surface area contributed by atoms with Gasteiger partial charge in [-0.1, -0.05) is 76.2 Å². The maximum absolute atomic E-state index is 7.58. The van der Waals surface area contributed by atoms with Gasteiger partial charge >= 0.3 is 0 Å². The number of hydrogen-bond acceptors (Lipinski definition) is 6. The van der Waals surface area contributed by atoms with Crippen LogP contribution in [0.4, 0.5) is 11.4 Å². The van der Waals surface area contributed by atoms with Crippen LogP contribution in [0.1, 0.15) is 53.4 Å². The van der Waals surface area contributed by atoms with Crippen LogP contribution < -0.4 is 30.4 Å². The van der Waals surface area contributed by atoms with Crippen molar-refractivity contribution in [2.45, 2.75) is 53.4 Å². The van der Waals surface area contributed by atoms with Gasteiger partial charge in [0.15, 0.2) is 0 Å². The standard InChI is InChI=1S/C48H51N3O4/c1-5-27-52-35-17-9-31(10-18-35)41-39(49)25-26-40-45(41)46-43(33-13-21-37(22-14-33)54-29-7-3)47(50)42(32-11-19-36(20-12-32)53-28-6-2)44(48(46)51-40)34-15-23-38(24-16-34)55-30-8-4/h9-26,51H,5-8,27-30,49-50H2,1-4H3. The SMILES string of the molecule is CCCOc1ccc(-c2c(N)c(-c3ccc(OCCC)cc3)c3c([nH]c4ccc(N)c(-c5ccc(OCCC)cc5)c43)c2-c2ccc(OCCC)cc2)cc1. The zero-order valence-electron chi connectivity index (χ0n) is 32.3. The van der Waals surface area contributed by atoms with Crippen LogP contribution in [0.2, 0.25) is 0 Å². The van der Waals surface area contributed by atoms with Gasteiger partial charge in [0.25, 0.3) is 0 Å². The molecule has 0 aliphatic heterocycles. The van der Waals surface area contributed by atoms with Gasteiger partial charge in [-0.25, -0.2) is 0 Å². The number of benzene rings is 6. The van der Waals surface area contributed by atoms with E-state index >= 15 is 0 Å². The minimum Gasteiger partial charge on any atom is -0.494 e. The Labute approximate surface area is 324 Å². The third-order valence-electron chi connectivity index (χ3n) is 9.75. The lowest BCUT2D eigenvalue weighted by Crippen LogP contribution is -2.01. The summed E-state index contributed by atoms with van der Waals surface area (Å²) in [6.45, 7) is 11.1. The van der Waals surface area contributed by atoms with Crippen molar-refractivity contribution in [1.82, 2.24) is 4.98 Å². The van der Waals surface area contributed by atoms with Crippen LogP contribution in [0.25, 0.3) is 66.3 Å². The Morgan fingerprint density at radius 2 is 0.764 bits per heavy atom. The second kappa shape index (κ2) is 16.9. The highest BCUT2D eigenvalue weighted by Crippen LogP contribution is 2.52. The van der Waals surface area contributed by atoms with Crippen LogP contribution in [-0.2, 0) is 0 Å². The Hall–Kier alpha value is -6.08. The summed E-state index contributed by atoms with van der Waals surface area (Å²) in [6, 6.07) is 37.1. The van der Waals surface area contributed by atoms with Crippen LogP contribution in [0.3, 0.4) is 0 Å². The van der Waals surface area contributed by atoms with Gasteiger partial charge in [0.1, 0.15) is 23.0 Å². The second-order valence-electron chi connectivity index (χ2n) is 13.9. The minimum absolute atomic E-state index is 0.651. The molecule has 7 nitrogen and oxygen atoms in total. The van der Waals surface area contributed by atoms with E-state index in [2.05, 4.69) is 87.3 Å². The fraction of sp³-hybridized carbons (Fsp3) is 0.250. The zero-order valence-corrected chi connectivity index (χ0v) is 32.3. The summed E-state index contributed by atoms with van der Waals surface area (Å²) in [6.07, 6.45) is 3.74. The molecule has 7 heteroatoms. The first-order valence-electron chi connectivity index (χ1n) is 19.6. The van der Waals surface area contributed by atoms with Crippen molar-refractivity contribution in [3.8, 4) is 67.5 Å². The van der Waals surface area contributed by atoms with Gasteiger partial charge in [0.05, 0.1) is 31.9 Å². The van der Waals surface area contributed by atoms with Gasteiger partial charge in [-0.15, -0.1) is 0 Å². The number of aromatic amines is 1. The Morgan fingerprint density at radius 1 is 0.400 bits per heavy atom. The van der Waals surface area contributed by atoms with Crippen molar-refractivity contribution in [3.63, 3.8) is 0 Å². The smallest absolute Gasteiger partial charge is 0.119 e. The molecule has 0 fully saturated rings. The van der Waals surface area contributed by atoms with Crippen LogP contribution in [0.15, 0.2) is 109 Å². The second-order valence-corrected chi connectivity index (χ2v) is 13.9. The number of hydrogen-bond donors (Lipinski definition) is 3. The van der Waals surface area contributed by atoms with Gasteiger partial charge in [-0.3, -0.25) is 0 Å². The lowest BCUT2D eigenvalue weighted by molar-refractivity contribution is 0.317. The molecule has 0 spiro atoms. The third kappa shape index (κ3) is 7.65. The summed E-state index contributed by atoms with van der Waals surface area (Å²) in [5.41, 5.74) is 25.5. The number of ether oxygens (including phenoxy) is 4. The molecule has 5 N–H and O–H groups in total. The Morgan fingerprint density at radius 3 is 1.16 bits per heavy atom. The molecule has 1 heterocycles. The number of anilines is 2. The maximum atomic E-state index is 7.58. The number of nitrogens with one attached hydrogen (secondary N) is 1. The molecular weight excluding hydrogens is 683 g/mol. The maximum Gasteiger partial charge on any atom is 0.119 e. The summed E-state index contributed by atoms with van der Waals surface area (Å²) in [4.78, 5) is 3.88. The highest BCUT2D eigenvalue weighted by atomic mass is 16.5. The molecular formula is C48H51N3O4. The van der Waals surface area contributed by atoms with E-state index in [4.69, 9.17) is 30.4 Å². The number of fused-ring (bicyclic) bond motifs is 3. The summed E-state index contributed by atoms with van der Waals surface area (Å²) >= 11 is 0. The van der Waals surface area contributed by atoms with E-state index in [0.717, 1.165) is 115 Å². The number of rotatable bonds is 16. The molecule has 0 atom stereocenters. The van der Waals surface area contributed by atoms with Crippen molar-refractivity contribution in [2.75, 3.05) is 37.9 Å². The molecule has 1 aromatic heterocycles. The normalized spacial score (nSPS) is 11.3. The van der Waals surface area contributed by atoms with E-state index in [1.165, 1.54) is 0 Å². The van der Waals surface area contributed by atoms with E-state index in [0.29, 0.717) is 37.8 Å². The molecule has 7 rings (SSSR count). The molecule has 282 valence electrons. The first kappa shape index (κ1) is 37.2. The highest BCUT2D eigenvalue weighted by Gasteiger charge is 2.26. The zero-order chi connectivity index (χ0) is 38.3. The number of nitrogen functional groups attached to an aromatic ring is 2. The van der Waals surface area contributed by atoms with Crippen molar-refractivity contribution in [3.05, 3.63) is 109 Å². The topological polar surface area (TPSA) is 105 Å². The lowest BCUT2D eigenvalue weighted by Gasteiger charge is -2.21. The van der Waals surface area contributed by atoms with E-state index in [-0.39, 0.29) is 0 Å². The minimum atomic E-state index is 0.651. The molecule has 0 bridgehead atoms. The Kier molecular flexibility index (Phi) is 11.5. The summed E-state index contributed by atoms with van der Waals surface area (Å²) in [5, 5.41) is 2.00. The highest BCUT2D eigenvalue weighted by molar-refractivity contribution is 6.28. The first-order valence-corrected chi connectivity index (χ1v) is 19.6. The Balaban J connectivity index is 1.56. The lowest BCUT2D eigenvalue weighted by atomic mass is 9.84. The molecule has 0 amide bonds. The van der Waals surface area contributed by atoms with Crippen LogP contribution in [0.5, 0.6) is 23.0 Å². The molecule has 0 aliphatic rings. The molecule has 0 aliphatic carbocycles. The quantitative estimate of drug-likeness (QED) is 0.0854. The number of nitrogens with two attached hydrogens (primary N) is 2. The van der Waals surface area contributed by atoms with Crippen molar-refractivity contribution < 1.29 is 18.9 Å². The summed E-state index contributed by atoms with van der Waals surface area (Å²) in [5.74, 6) is 3.30. The predicted molar refractivity (Wildman–Crippen MR) is 230 cm³/mol. The monoisotopic (exact) mass is 733 g/mol. The van der Waals surface area contributed by atoms with Gasteiger partial charge < -0.3 is 35.4 Å². The molecule has 0 unspecified atom stereocenters. The average molecular weight is 734 g/mol. The van der Waals surface area contributed by atoms with Gasteiger partial charge in [-0.05, 0) is 109 Å². The molecule has 7 aromatic rings. The molecule has 0 saturated heterocycles. The third-order valence-corrected chi connectivity index (χ3v) is 9.75. The van der Waals surface area contributed by atoms with Gasteiger partial charge in [-0.2, -0.15) is 0 Å². The van der Waals surface area contributed by atoms with Crippen LogP contribution >= 0.6 is 0 Å². The first-order chi connectivity index (χ1) is 26.9. The van der Waals surface area contributed by atoms with Gasteiger partial charge in [0, 0.05) is 49.9 Å². The van der Waals surface area contributed by atoms with Crippen LogP contribution in [0, 0.1) is 0 Å². The largest absolute Gasteiger partial charge is 0.494 e. The summed E-state index contributed by atoms with van der Waals surface area (Å²) < 4.78 is 23.9. The fourth-order valence-corrected chi connectivity index (χ4v) is 7.21. The van der Waals surface area contributed by atoms with Crippen molar-refractivity contribution in [1.29, 1.82) is 0 Å². The van der Waals surface area contributed by atoms with E-state index in [1.807, 2.05) is 54.6 Å². The van der Waals surface area contributed by atoms with Crippen molar-refractivity contribution in [2.24, 2.45) is 0 Å². The molecule has 6 aromatic carbocycles. The van der Waals surface area contributed by atoms with Crippen LogP contribution in [-0.4, -0.2) is 31.4 Å². The average Bonchev–Trinajstić information content (AvgIpc) is 3.60. The van der Waals surface area contributed by atoms with E-state index < -0.39 is 0 Å². The number of aromatic nitrogens is 1. The number of H-pyrrole nitrogens is 1. The van der Waals surface area contributed by atoms with Gasteiger partial charge in [0.2, 0.25) is 0 Å². The molecule has 0 saturated carbocycles. The van der Waals surface area contributed by atoms with E-state index in [1.54, 1.807) is 0 Å². The Bertz CT molecular complexity index is 2360. The molecule has 55 heavy (non-hydrogen) atoms.